The molecule has 0 fully saturated rings. The molecule has 13 heavy (non-hydrogen) atoms. The van der Waals surface area contributed by atoms with Crippen molar-refractivity contribution in [3.8, 4) is 5.75 Å². The van der Waals surface area contributed by atoms with Gasteiger partial charge in [-0.2, -0.15) is 4.84 Å². The Bertz CT molecular complexity index is 386. The monoisotopic (exact) mass is 178 g/mol. The maximum atomic E-state index is 11.5. The first-order valence-electron chi connectivity index (χ1n) is 3.97. The third-order valence-corrected chi connectivity index (χ3v) is 2.04. The summed E-state index contributed by atoms with van der Waals surface area (Å²) in [5.74, 6) is 0.137. The Labute approximate surface area is 74.7 Å². The van der Waals surface area contributed by atoms with Crippen LogP contribution in [-0.4, -0.2) is 16.7 Å². The van der Waals surface area contributed by atoms with E-state index < -0.39 is 6.04 Å². The SMILES string of the molecule is CC1C(=O)c2ccccc2O[N+]1=O. The first-order chi connectivity index (χ1) is 6.20. The van der Waals surface area contributed by atoms with E-state index in [9.17, 15) is 9.70 Å². The molecular formula is C9H8NO3+. The average molecular weight is 178 g/mol. The van der Waals surface area contributed by atoms with Crippen LogP contribution in [0, 0.1) is 4.91 Å². The van der Waals surface area contributed by atoms with Gasteiger partial charge in [0.25, 0.3) is 0 Å². The number of para-hydroxylation sites is 1. The van der Waals surface area contributed by atoms with Gasteiger partial charge in [0.1, 0.15) is 0 Å². The summed E-state index contributed by atoms with van der Waals surface area (Å²) in [7, 11) is 0. The zero-order valence-electron chi connectivity index (χ0n) is 7.06. The molecule has 0 radical (unpaired) electrons. The number of carbonyl (C=O) groups is 1. The molecule has 1 heterocycles. The van der Waals surface area contributed by atoms with Crippen molar-refractivity contribution in [1.29, 1.82) is 0 Å². The number of hydrogen-bond acceptors (Lipinski definition) is 3. The Morgan fingerprint density at radius 2 is 2.08 bits per heavy atom. The minimum atomic E-state index is -0.755. The molecule has 1 aromatic rings. The van der Waals surface area contributed by atoms with Crippen molar-refractivity contribution in [2.75, 3.05) is 0 Å². The summed E-state index contributed by atoms with van der Waals surface area (Å²) in [4.78, 5) is 27.7. The minimum absolute atomic E-state index is 0.197. The fourth-order valence-corrected chi connectivity index (χ4v) is 1.25. The highest BCUT2D eigenvalue weighted by Crippen LogP contribution is 2.24. The van der Waals surface area contributed by atoms with E-state index in [0.717, 1.165) is 0 Å². The lowest BCUT2D eigenvalue weighted by molar-refractivity contribution is -0.776. The smallest absolute Gasteiger partial charge is 0.286 e. The van der Waals surface area contributed by atoms with Crippen molar-refractivity contribution in [2.24, 2.45) is 0 Å². The topological polar surface area (TPSA) is 46.4 Å². The van der Waals surface area contributed by atoms with Crippen LogP contribution in [0.5, 0.6) is 5.75 Å². The molecule has 66 valence electrons. The highest BCUT2D eigenvalue weighted by Gasteiger charge is 2.39. The first kappa shape index (κ1) is 7.91. The summed E-state index contributed by atoms with van der Waals surface area (Å²) < 4.78 is 0. The van der Waals surface area contributed by atoms with Gasteiger partial charge in [-0.15, -0.1) is 0 Å². The van der Waals surface area contributed by atoms with Crippen LogP contribution in [0.4, 0.5) is 0 Å². The Morgan fingerprint density at radius 1 is 1.38 bits per heavy atom. The number of carbonyl (C=O) groups excluding carboxylic acids is 1. The fraction of sp³-hybridized carbons (Fsp3) is 0.222. The molecular weight excluding hydrogens is 170 g/mol. The third-order valence-electron chi connectivity index (χ3n) is 2.04. The lowest BCUT2D eigenvalue weighted by atomic mass is 10.0. The van der Waals surface area contributed by atoms with Gasteiger partial charge in [-0.3, -0.25) is 4.79 Å². The highest BCUT2D eigenvalue weighted by molar-refractivity contribution is 6.01. The number of rotatable bonds is 0. The molecule has 1 aromatic carbocycles. The van der Waals surface area contributed by atoms with Crippen molar-refractivity contribution >= 4 is 5.78 Å². The molecule has 0 aromatic heterocycles. The standard InChI is InChI=1S/C9H8NO3/c1-6-9(11)7-4-2-3-5-8(7)13-10(6)12/h2-6H,1H3/q+1. The van der Waals surface area contributed by atoms with Gasteiger partial charge in [0.15, 0.2) is 0 Å². The second-order valence-corrected chi connectivity index (χ2v) is 2.91. The zero-order valence-corrected chi connectivity index (χ0v) is 7.06. The van der Waals surface area contributed by atoms with Crippen molar-refractivity contribution < 1.29 is 14.6 Å². The summed E-state index contributed by atoms with van der Waals surface area (Å²) in [5.41, 5.74) is 0.474. The third kappa shape index (κ3) is 1.11. The van der Waals surface area contributed by atoms with Crippen molar-refractivity contribution in [2.45, 2.75) is 13.0 Å². The van der Waals surface area contributed by atoms with Gasteiger partial charge < -0.3 is 0 Å². The fourth-order valence-electron chi connectivity index (χ4n) is 1.25. The van der Waals surface area contributed by atoms with Crippen LogP contribution in [0.15, 0.2) is 24.3 Å². The highest BCUT2D eigenvalue weighted by atomic mass is 16.8. The molecule has 1 unspecified atom stereocenters. The summed E-state index contributed by atoms with van der Waals surface area (Å²) in [6.07, 6.45) is 0. The second-order valence-electron chi connectivity index (χ2n) is 2.91. The number of benzene rings is 1. The molecule has 0 spiro atoms. The normalized spacial score (nSPS) is 20.8. The Balaban J connectivity index is 2.55. The summed E-state index contributed by atoms with van der Waals surface area (Å²) >= 11 is 0. The zero-order chi connectivity index (χ0) is 9.42. The molecule has 1 atom stereocenters. The number of nitrogens with zero attached hydrogens (tertiary/aromatic N) is 1. The average Bonchev–Trinajstić information content (AvgIpc) is 2.15. The molecule has 0 aliphatic carbocycles. The molecule has 1 aliphatic rings. The Kier molecular flexibility index (Phi) is 1.62. The van der Waals surface area contributed by atoms with Gasteiger partial charge >= 0.3 is 6.04 Å². The summed E-state index contributed by atoms with van der Waals surface area (Å²) in [5, 5.41) is 0. The van der Waals surface area contributed by atoms with Crippen LogP contribution in [0.25, 0.3) is 0 Å². The van der Waals surface area contributed by atoms with Gasteiger partial charge in [-0.25, -0.2) is 0 Å². The predicted molar refractivity (Wildman–Crippen MR) is 44.5 cm³/mol. The van der Waals surface area contributed by atoms with Crippen LogP contribution in [0.3, 0.4) is 0 Å². The maximum absolute atomic E-state index is 11.5. The van der Waals surface area contributed by atoms with E-state index in [1.54, 1.807) is 24.3 Å². The van der Waals surface area contributed by atoms with Gasteiger partial charge in [0, 0.05) is 6.92 Å². The van der Waals surface area contributed by atoms with E-state index in [-0.39, 0.29) is 5.78 Å². The number of Topliss-reactive ketones (excluding diaryl/α,β-unsaturated/α-hetero) is 1. The largest absolute Gasteiger partial charge is 0.316 e. The Hall–Kier alpha value is -1.71. The lowest BCUT2D eigenvalue weighted by Crippen LogP contribution is -2.36. The lowest BCUT2D eigenvalue weighted by Gasteiger charge is -2.10. The molecule has 0 saturated carbocycles. The van der Waals surface area contributed by atoms with Crippen LogP contribution >= 0.6 is 0 Å². The quantitative estimate of drug-likeness (QED) is 0.602. The molecule has 4 nitrogen and oxygen atoms in total. The van der Waals surface area contributed by atoms with E-state index in [2.05, 4.69) is 0 Å². The van der Waals surface area contributed by atoms with Crippen LogP contribution in [0.1, 0.15) is 17.3 Å². The van der Waals surface area contributed by atoms with Crippen molar-refractivity contribution in [3.05, 3.63) is 34.7 Å². The molecule has 0 N–H and O–H groups in total. The summed E-state index contributed by atoms with van der Waals surface area (Å²) in [6, 6.07) is 5.96. The van der Waals surface area contributed by atoms with Crippen molar-refractivity contribution in [3.63, 3.8) is 0 Å². The van der Waals surface area contributed by atoms with E-state index in [1.807, 2.05) is 0 Å². The van der Waals surface area contributed by atoms with Gasteiger partial charge in [-0.05, 0) is 12.1 Å². The molecule has 4 heteroatoms. The molecule has 0 saturated heterocycles. The Morgan fingerprint density at radius 3 is 2.85 bits per heavy atom. The van der Waals surface area contributed by atoms with Gasteiger partial charge in [0.05, 0.1) is 10.5 Å². The van der Waals surface area contributed by atoms with Crippen LogP contribution in [-0.2, 0) is 0 Å². The molecule has 1 aliphatic heterocycles. The van der Waals surface area contributed by atoms with Gasteiger partial charge in [-0.1, -0.05) is 12.1 Å². The number of ketones is 1. The second kappa shape index (κ2) is 2.65. The van der Waals surface area contributed by atoms with Gasteiger partial charge in [0.2, 0.25) is 16.5 Å². The predicted octanol–water partition coefficient (Wildman–Crippen LogP) is 1.34. The van der Waals surface area contributed by atoms with E-state index in [0.29, 0.717) is 16.2 Å². The first-order valence-corrected chi connectivity index (χ1v) is 3.97. The van der Waals surface area contributed by atoms with E-state index in [1.165, 1.54) is 6.92 Å². The van der Waals surface area contributed by atoms with E-state index in [4.69, 9.17) is 4.84 Å². The van der Waals surface area contributed by atoms with Crippen LogP contribution in [0.2, 0.25) is 0 Å². The number of fused-ring (bicyclic) bond motifs is 1. The molecule has 0 amide bonds. The van der Waals surface area contributed by atoms with Crippen molar-refractivity contribution in [1.82, 2.24) is 0 Å². The molecule has 2 rings (SSSR count). The summed E-state index contributed by atoms with van der Waals surface area (Å²) in [6.45, 7) is 1.52. The van der Waals surface area contributed by atoms with E-state index >= 15 is 0 Å². The molecule has 0 bridgehead atoms. The number of hydrogen-bond donors (Lipinski definition) is 0. The maximum Gasteiger partial charge on any atom is 0.316 e. The van der Waals surface area contributed by atoms with Crippen LogP contribution < -0.4 is 4.84 Å². The minimum Gasteiger partial charge on any atom is -0.286 e.